The van der Waals surface area contributed by atoms with Crippen LogP contribution in [0.15, 0.2) is 21.1 Å². The van der Waals surface area contributed by atoms with Crippen LogP contribution in [0, 0.1) is 6.92 Å². The molecule has 0 amide bonds. The van der Waals surface area contributed by atoms with E-state index in [1.165, 1.54) is 0 Å². The number of methoxy groups -OCH3 is 1. The molecule has 0 fully saturated rings. The van der Waals surface area contributed by atoms with E-state index in [0.29, 0.717) is 0 Å². The molecule has 72 valence electrons. The number of ether oxygens (including phenoxy) is 2. The molecule has 0 heterocycles. The second kappa shape index (κ2) is 4.98. The van der Waals surface area contributed by atoms with Gasteiger partial charge in [-0.2, -0.15) is 0 Å². The van der Waals surface area contributed by atoms with Gasteiger partial charge >= 0.3 is 0 Å². The molecule has 0 aliphatic rings. The second-order valence-corrected chi connectivity index (χ2v) is 4.35. The third-order valence-electron chi connectivity index (χ3n) is 1.52. The van der Waals surface area contributed by atoms with Gasteiger partial charge in [-0.3, -0.25) is 0 Å². The van der Waals surface area contributed by atoms with Gasteiger partial charge in [-0.05, 0) is 40.5 Å². The van der Waals surface area contributed by atoms with Crippen LogP contribution in [0.4, 0.5) is 0 Å². The van der Waals surface area contributed by atoms with Crippen molar-refractivity contribution in [3.63, 3.8) is 0 Å². The zero-order chi connectivity index (χ0) is 9.84. The molecule has 0 N–H and O–H groups in total. The first-order chi connectivity index (χ1) is 6.15. The Kier molecular flexibility index (Phi) is 4.22. The number of rotatable bonds is 3. The van der Waals surface area contributed by atoms with Gasteiger partial charge in [0.05, 0.1) is 4.47 Å². The van der Waals surface area contributed by atoms with E-state index >= 15 is 0 Å². The van der Waals surface area contributed by atoms with Crippen molar-refractivity contribution >= 4 is 31.9 Å². The molecule has 0 saturated carbocycles. The Hall–Kier alpha value is -0.0600. The molecule has 2 nitrogen and oxygen atoms in total. The zero-order valence-corrected chi connectivity index (χ0v) is 10.6. The molecule has 0 atom stereocenters. The molecule has 0 aromatic heterocycles. The quantitative estimate of drug-likeness (QED) is 0.796. The first-order valence-electron chi connectivity index (χ1n) is 3.72. The average molecular weight is 310 g/mol. The number of halogens is 2. The fourth-order valence-corrected chi connectivity index (χ4v) is 2.54. The number of benzene rings is 1. The molecule has 0 radical (unpaired) electrons. The van der Waals surface area contributed by atoms with Gasteiger partial charge in [-0.1, -0.05) is 15.9 Å². The molecule has 13 heavy (non-hydrogen) atoms. The predicted molar refractivity (Wildman–Crippen MR) is 59.1 cm³/mol. The highest BCUT2D eigenvalue weighted by molar-refractivity contribution is 9.11. The van der Waals surface area contributed by atoms with Crippen LogP contribution >= 0.6 is 31.9 Å². The smallest absolute Gasteiger partial charge is 0.188 e. The maximum Gasteiger partial charge on any atom is 0.188 e. The van der Waals surface area contributed by atoms with Gasteiger partial charge in [-0.15, -0.1) is 0 Å². The molecule has 0 aliphatic heterocycles. The molecule has 0 spiro atoms. The van der Waals surface area contributed by atoms with E-state index < -0.39 is 0 Å². The largest absolute Gasteiger partial charge is 0.466 e. The molecule has 0 aliphatic carbocycles. The van der Waals surface area contributed by atoms with E-state index in [4.69, 9.17) is 9.47 Å². The Labute approximate surface area is 94.5 Å². The van der Waals surface area contributed by atoms with Crippen molar-refractivity contribution < 1.29 is 9.47 Å². The van der Waals surface area contributed by atoms with Gasteiger partial charge in [0, 0.05) is 11.6 Å². The summed E-state index contributed by atoms with van der Waals surface area (Å²) in [6.07, 6.45) is 0. The molecule has 0 unspecified atom stereocenters. The van der Waals surface area contributed by atoms with Crippen molar-refractivity contribution in [2.75, 3.05) is 13.9 Å². The lowest BCUT2D eigenvalue weighted by molar-refractivity contribution is 0.0501. The van der Waals surface area contributed by atoms with Crippen LogP contribution in [0.5, 0.6) is 5.75 Å². The van der Waals surface area contributed by atoms with Crippen molar-refractivity contribution in [3.8, 4) is 5.75 Å². The summed E-state index contributed by atoms with van der Waals surface area (Å²) in [5.74, 6) is 0.824. The van der Waals surface area contributed by atoms with Crippen molar-refractivity contribution in [1.82, 2.24) is 0 Å². The molecule has 0 saturated heterocycles. The monoisotopic (exact) mass is 308 g/mol. The highest BCUT2D eigenvalue weighted by Gasteiger charge is 2.05. The maximum atomic E-state index is 5.38. The lowest BCUT2D eigenvalue weighted by Gasteiger charge is -2.10. The predicted octanol–water partition coefficient (Wildman–Crippen LogP) is 3.50. The van der Waals surface area contributed by atoms with E-state index in [-0.39, 0.29) is 6.79 Å². The fraction of sp³-hybridized carbons (Fsp3) is 0.333. The van der Waals surface area contributed by atoms with Gasteiger partial charge in [0.25, 0.3) is 0 Å². The van der Waals surface area contributed by atoms with Crippen LogP contribution in [-0.4, -0.2) is 13.9 Å². The Morgan fingerprint density at radius 2 is 2.00 bits per heavy atom. The van der Waals surface area contributed by atoms with Gasteiger partial charge in [-0.25, -0.2) is 0 Å². The van der Waals surface area contributed by atoms with Crippen LogP contribution in [0.25, 0.3) is 0 Å². The number of hydrogen-bond donors (Lipinski definition) is 0. The van der Waals surface area contributed by atoms with Gasteiger partial charge in [0.15, 0.2) is 6.79 Å². The SMILES string of the molecule is COCOc1c(C)cc(Br)cc1Br. The van der Waals surface area contributed by atoms with Gasteiger partial charge in [0.1, 0.15) is 5.75 Å². The molecule has 1 aromatic rings. The summed E-state index contributed by atoms with van der Waals surface area (Å²) < 4.78 is 12.2. The molecule has 1 rings (SSSR count). The third-order valence-corrected chi connectivity index (χ3v) is 2.56. The third kappa shape index (κ3) is 2.97. The summed E-state index contributed by atoms with van der Waals surface area (Å²) in [4.78, 5) is 0. The van der Waals surface area contributed by atoms with Crippen LogP contribution in [0.3, 0.4) is 0 Å². The Morgan fingerprint density at radius 3 is 2.54 bits per heavy atom. The lowest BCUT2D eigenvalue weighted by Crippen LogP contribution is -2.00. The molecule has 4 heteroatoms. The Balaban J connectivity index is 2.92. The van der Waals surface area contributed by atoms with E-state index in [0.717, 1.165) is 20.3 Å². The standard InChI is InChI=1S/C9H10Br2O2/c1-6-3-7(10)4-8(11)9(6)13-5-12-2/h3-4H,5H2,1-2H3. The molecular formula is C9H10Br2O2. The summed E-state index contributed by atoms with van der Waals surface area (Å²) in [6, 6.07) is 3.94. The highest BCUT2D eigenvalue weighted by atomic mass is 79.9. The minimum atomic E-state index is 0.265. The first kappa shape index (κ1) is 11.0. The molecule has 1 aromatic carbocycles. The van der Waals surface area contributed by atoms with Crippen LogP contribution in [0.2, 0.25) is 0 Å². The van der Waals surface area contributed by atoms with E-state index in [1.807, 2.05) is 19.1 Å². The summed E-state index contributed by atoms with van der Waals surface area (Å²) in [6.45, 7) is 2.25. The normalized spacial score (nSPS) is 10.2. The molecule has 0 bridgehead atoms. The molecular weight excluding hydrogens is 300 g/mol. The van der Waals surface area contributed by atoms with E-state index in [1.54, 1.807) is 7.11 Å². The summed E-state index contributed by atoms with van der Waals surface area (Å²) in [5, 5.41) is 0. The summed E-state index contributed by atoms with van der Waals surface area (Å²) in [5.41, 5.74) is 1.07. The number of aryl methyl sites for hydroxylation is 1. The minimum Gasteiger partial charge on any atom is -0.466 e. The van der Waals surface area contributed by atoms with E-state index in [2.05, 4.69) is 31.9 Å². The summed E-state index contributed by atoms with van der Waals surface area (Å²) in [7, 11) is 1.60. The highest BCUT2D eigenvalue weighted by Crippen LogP contribution is 2.32. The first-order valence-corrected chi connectivity index (χ1v) is 5.31. The number of hydrogen-bond acceptors (Lipinski definition) is 2. The van der Waals surface area contributed by atoms with Crippen molar-refractivity contribution in [2.24, 2.45) is 0 Å². The summed E-state index contributed by atoms with van der Waals surface area (Å²) >= 11 is 6.82. The van der Waals surface area contributed by atoms with Crippen LogP contribution < -0.4 is 4.74 Å². The van der Waals surface area contributed by atoms with Gasteiger partial charge < -0.3 is 9.47 Å². The topological polar surface area (TPSA) is 18.5 Å². The van der Waals surface area contributed by atoms with Crippen molar-refractivity contribution in [3.05, 3.63) is 26.6 Å². The average Bonchev–Trinajstić information content (AvgIpc) is 2.02. The Morgan fingerprint density at radius 1 is 1.31 bits per heavy atom. The minimum absolute atomic E-state index is 0.265. The van der Waals surface area contributed by atoms with Gasteiger partial charge in [0.2, 0.25) is 0 Å². The van der Waals surface area contributed by atoms with Crippen molar-refractivity contribution in [1.29, 1.82) is 0 Å². The van der Waals surface area contributed by atoms with Crippen LogP contribution in [0.1, 0.15) is 5.56 Å². The fourth-order valence-electron chi connectivity index (χ4n) is 0.990. The van der Waals surface area contributed by atoms with Crippen molar-refractivity contribution in [2.45, 2.75) is 6.92 Å². The Bertz CT molecular complexity index is 277. The maximum absolute atomic E-state index is 5.38. The van der Waals surface area contributed by atoms with Crippen LogP contribution in [-0.2, 0) is 4.74 Å². The lowest BCUT2D eigenvalue weighted by atomic mass is 10.2. The second-order valence-electron chi connectivity index (χ2n) is 2.58. The van der Waals surface area contributed by atoms with E-state index in [9.17, 15) is 0 Å². The zero-order valence-electron chi connectivity index (χ0n) is 7.43.